The highest BCUT2D eigenvalue weighted by Crippen LogP contribution is 2.30. The molecule has 5 rings (SSSR count). The number of carbonyl (C=O) groups is 1. The second-order valence-corrected chi connectivity index (χ2v) is 7.63. The number of hydrogen-bond acceptors (Lipinski definition) is 4. The van der Waals surface area contributed by atoms with Crippen molar-refractivity contribution in [3.63, 3.8) is 0 Å². The van der Waals surface area contributed by atoms with E-state index in [0.29, 0.717) is 6.42 Å². The molecule has 0 fully saturated rings. The van der Waals surface area contributed by atoms with Gasteiger partial charge >= 0.3 is 0 Å². The lowest BCUT2D eigenvalue weighted by molar-refractivity contribution is -0.121. The first kappa shape index (κ1) is 17.7. The van der Waals surface area contributed by atoms with Gasteiger partial charge in [-0.3, -0.25) is 4.79 Å². The maximum atomic E-state index is 12.7. The highest BCUT2D eigenvalue weighted by atomic mass is 16.3. The Labute approximate surface area is 168 Å². The van der Waals surface area contributed by atoms with Crippen LogP contribution in [-0.2, 0) is 24.1 Å². The van der Waals surface area contributed by atoms with Crippen LogP contribution in [0.2, 0.25) is 0 Å². The van der Waals surface area contributed by atoms with E-state index in [4.69, 9.17) is 4.42 Å². The van der Waals surface area contributed by atoms with Crippen molar-refractivity contribution in [2.45, 2.75) is 38.6 Å². The Kier molecular flexibility index (Phi) is 4.39. The van der Waals surface area contributed by atoms with Crippen LogP contribution < -0.4 is 5.32 Å². The first-order valence-electron chi connectivity index (χ1n) is 9.93. The van der Waals surface area contributed by atoms with Crippen LogP contribution in [0, 0.1) is 0 Å². The van der Waals surface area contributed by atoms with E-state index in [1.165, 1.54) is 23.9 Å². The molecular formula is C23H22N4O2. The van der Waals surface area contributed by atoms with Gasteiger partial charge in [-0.25, -0.2) is 9.67 Å². The van der Waals surface area contributed by atoms with E-state index in [0.717, 1.165) is 40.6 Å². The molecule has 0 saturated carbocycles. The standard InChI is InChI=1S/C23H22N4O2/c1-15(16-5-7-20(8-6-16)27-14-24-13-25-27)26-23(28)11-19-12-29-22-10-18-4-2-3-17(18)9-21(19)22/h5-10,12-15H,2-4,11H2,1H3,(H,26,28)/t15-/m1/s1. The summed E-state index contributed by atoms with van der Waals surface area (Å²) in [5.74, 6) is -0.0129. The summed E-state index contributed by atoms with van der Waals surface area (Å²) in [5, 5.41) is 8.28. The number of amides is 1. The smallest absolute Gasteiger partial charge is 0.225 e. The van der Waals surface area contributed by atoms with E-state index in [9.17, 15) is 4.79 Å². The van der Waals surface area contributed by atoms with Crippen LogP contribution >= 0.6 is 0 Å². The second kappa shape index (κ2) is 7.20. The molecule has 29 heavy (non-hydrogen) atoms. The van der Waals surface area contributed by atoms with Crippen molar-refractivity contribution < 1.29 is 9.21 Å². The number of aromatic nitrogens is 3. The third kappa shape index (κ3) is 3.42. The lowest BCUT2D eigenvalue weighted by Gasteiger charge is -2.15. The summed E-state index contributed by atoms with van der Waals surface area (Å²) in [6.07, 6.45) is 8.63. The largest absolute Gasteiger partial charge is 0.464 e. The number of benzene rings is 2. The number of nitrogens with one attached hydrogen (secondary N) is 1. The summed E-state index contributed by atoms with van der Waals surface area (Å²) in [5.41, 5.74) is 6.57. The Morgan fingerprint density at radius 2 is 2.00 bits per heavy atom. The predicted octanol–water partition coefficient (Wildman–Crippen LogP) is 3.92. The summed E-state index contributed by atoms with van der Waals surface area (Å²) in [7, 11) is 0. The van der Waals surface area contributed by atoms with Crippen LogP contribution in [0.3, 0.4) is 0 Å². The van der Waals surface area contributed by atoms with Crippen molar-refractivity contribution in [2.24, 2.45) is 0 Å². The van der Waals surface area contributed by atoms with Gasteiger partial charge in [-0.05, 0) is 67.1 Å². The number of nitrogens with zero attached hydrogens (tertiary/aromatic N) is 3. The molecule has 0 saturated heterocycles. The van der Waals surface area contributed by atoms with Crippen molar-refractivity contribution in [3.05, 3.63) is 77.6 Å². The van der Waals surface area contributed by atoms with Gasteiger partial charge in [-0.15, -0.1) is 0 Å². The summed E-state index contributed by atoms with van der Waals surface area (Å²) in [6.45, 7) is 1.99. The normalized spacial score (nSPS) is 14.1. The minimum Gasteiger partial charge on any atom is -0.464 e. The van der Waals surface area contributed by atoms with Crippen LogP contribution in [-0.4, -0.2) is 20.7 Å². The topological polar surface area (TPSA) is 73.0 Å². The molecule has 2 aromatic carbocycles. The molecular weight excluding hydrogens is 364 g/mol. The van der Waals surface area contributed by atoms with Gasteiger partial charge in [-0.1, -0.05) is 12.1 Å². The zero-order chi connectivity index (χ0) is 19.8. The van der Waals surface area contributed by atoms with Gasteiger partial charge in [0, 0.05) is 10.9 Å². The maximum Gasteiger partial charge on any atom is 0.225 e. The van der Waals surface area contributed by atoms with Crippen molar-refractivity contribution in [1.29, 1.82) is 0 Å². The highest BCUT2D eigenvalue weighted by molar-refractivity contribution is 5.88. The molecule has 1 atom stereocenters. The summed E-state index contributed by atoms with van der Waals surface area (Å²) in [6, 6.07) is 12.2. The van der Waals surface area contributed by atoms with Crippen LogP contribution in [0.15, 0.2) is 59.7 Å². The lowest BCUT2D eigenvalue weighted by atomic mass is 10.0. The molecule has 6 heteroatoms. The Morgan fingerprint density at radius 3 is 2.76 bits per heavy atom. The molecule has 146 valence electrons. The molecule has 6 nitrogen and oxygen atoms in total. The molecule has 0 bridgehead atoms. The van der Waals surface area contributed by atoms with Crippen LogP contribution in [0.5, 0.6) is 0 Å². The quantitative estimate of drug-likeness (QED) is 0.564. The third-order valence-corrected chi connectivity index (χ3v) is 5.67. The number of furan rings is 1. The van der Waals surface area contributed by atoms with Gasteiger partial charge in [0.25, 0.3) is 0 Å². The van der Waals surface area contributed by atoms with Gasteiger partial charge in [0.15, 0.2) is 0 Å². The van der Waals surface area contributed by atoms with Crippen molar-refractivity contribution >= 4 is 16.9 Å². The number of fused-ring (bicyclic) bond motifs is 2. The molecule has 1 N–H and O–H groups in total. The molecule has 1 aliphatic carbocycles. The van der Waals surface area contributed by atoms with Gasteiger partial charge in [-0.2, -0.15) is 5.10 Å². The zero-order valence-electron chi connectivity index (χ0n) is 16.3. The Hall–Kier alpha value is -3.41. The molecule has 0 radical (unpaired) electrons. The Morgan fingerprint density at radius 1 is 1.21 bits per heavy atom. The monoisotopic (exact) mass is 386 g/mol. The Bertz CT molecular complexity index is 1160. The van der Waals surface area contributed by atoms with Crippen LogP contribution in [0.1, 0.15) is 41.6 Å². The van der Waals surface area contributed by atoms with Gasteiger partial charge in [0.2, 0.25) is 5.91 Å². The van der Waals surface area contributed by atoms with Crippen molar-refractivity contribution in [3.8, 4) is 5.69 Å². The van der Waals surface area contributed by atoms with E-state index >= 15 is 0 Å². The summed E-state index contributed by atoms with van der Waals surface area (Å²) in [4.78, 5) is 16.6. The minimum absolute atomic E-state index is 0.0129. The van der Waals surface area contributed by atoms with Gasteiger partial charge in [0.1, 0.15) is 18.2 Å². The van der Waals surface area contributed by atoms with E-state index < -0.39 is 0 Å². The molecule has 0 aliphatic heterocycles. The lowest BCUT2D eigenvalue weighted by Crippen LogP contribution is -2.28. The number of aryl methyl sites for hydroxylation is 2. The number of hydrogen-bond donors (Lipinski definition) is 1. The average Bonchev–Trinajstić information content (AvgIpc) is 3.48. The highest BCUT2D eigenvalue weighted by Gasteiger charge is 2.17. The first-order valence-corrected chi connectivity index (χ1v) is 9.93. The Balaban J connectivity index is 1.27. The minimum atomic E-state index is -0.0882. The fourth-order valence-corrected chi connectivity index (χ4v) is 4.09. The molecule has 0 unspecified atom stereocenters. The third-order valence-electron chi connectivity index (χ3n) is 5.67. The molecule has 4 aromatic rings. The van der Waals surface area contributed by atoms with E-state index in [-0.39, 0.29) is 11.9 Å². The second-order valence-electron chi connectivity index (χ2n) is 7.63. The van der Waals surface area contributed by atoms with Crippen LogP contribution in [0.4, 0.5) is 0 Å². The average molecular weight is 386 g/mol. The van der Waals surface area contributed by atoms with E-state index in [2.05, 4.69) is 27.5 Å². The molecule has 1 amide bonds. The zero-order valence-corrected chi connectivity index (χ0v) is 16.3. The fraction of sp³-hybridized carbons (Fsp3) is 0.261. The van der Waals surface area contributed by atoms with Crippen molar-refractivity contribution in [2.75, 3.05) is 0 Å². The summed E-state index contributed by atoms with van der Waals surface area (Å²) < 4.78 is 7.42. The SMILES string of the molecule is C[C@@H](NC(=O)Cc1coc2cc3c(cc12)CCC3)c1ccc(-n2cncn2)cc1. The van der Waals surface area contributed by atoms with Gasteiger partial charge < -0.3 is 9.73 Å². The van der Waals surface area contributed by atoms with Gasteiger partial charge in [0.05, 0.1) is 24.4 Å². The molecule has 1 aliphatic rings. The van der Waals surface area contributed by atoms with E-state index in [1.807, 2.05) is 31.2 Å². The van der Waals surface area contributed by atoms with E-state index in [1.54, 1.807) is 17.3 Å². The number of rotatable bonds is 5. The maximum absolute atomic E-state index is 12.7. The molecule has 0 spiro atoms. The van der Waals surface area contributed by atoms with Crippen LogP contribution in [0.25, 0.3) is 16.7 Å². The molecule has 2 heterocycles. The first-order chi connectivity index (χ1) is 14.2. The molecule has 2 aromatic heterocycles. The van der Waals surface area contributed by atoms with Crippen molar-refractivity contribution in [1.82, 2.24) is 20.1 Å². The fourth-order valence-electron chi connectivity index (χ4n) is 4.09. The summed E-state index contributed by atoms with van der Waals surface area (Å²) >= 11 is 0. The predicted molar refractivity (Wildman–Crippen MR) is 110 cm³/mol. The number of carbonyl (C=O) groups excluding carboxylic acids is 1.